The van der Waals surface area contributed by atoms with Crippen molar-refractivity contribution in [3.8, 4) is 0 Å². The van der Waals surface area contributed by atoms with Crippen molar-refractivity contribution in [3.63, 3.8) is 0 Å². The summed E-state index contributed by atoms with van der Waals surface area (Å²) < 4.78 is 0. The van der Waals surface area contributed by atoms with Crippen LogP contribution >= 0.6 is 0 Å². The molecule has 1 atom stereocenters. The zero-order valence-corrected chi connectivity index (χ0v) is 12.0. The Morgan fingerprint density at radius 1 is 1.35 bits per heavy atom. The van der Waals surface area contributed by atoms with E-state index in [1.165, 1.54) is 6.42 Å². The number of hydrogen-bond acceptors (Lipinski definition) is 2. The van der Waals surface area contributed by atoms with Gasteiger partial charge in [-0.15, -0.1) is 0 Å². The number of rotatable bonds is 3. The predicted octanol–water partition coefficient (Wildman–Crippen LogP) is 2.40. The number of hydrogen-bond donors (Lipinski definition) is 1. The van der Waals surface area contributed by atoms with E-state index in [1.807, 2.05) is 32.6 Å². The van der Waals surface area contributed by atoms with Crippen molar-refractivity contribution in [1.29, 1.82) is 0 Å². The minimum absolute atomic E-state index is 0.211. The normalized spacial score (nSPS) is 22.7. The lowest BCUT2D eigenvalue weighted by Gasteiger charge is -2.43. The highest BCUT2D eigenvalue weighted by Gasteiger charge is 2.43. The standard InChI is InChI=1S/C14H28N2O/c1-6-11-8-7-9-16(10-11)12(17)13(2,3)14(4,5)15/h11H,6-10,15H2,1-5H3. The van der Waals surface area contributed by atoms with Crippen LogP contribution in [-0.2, 0) is 4.79 Å². The summed E-state index contributed by atoms with van der Waals surface area (Å²) in [5, 5.41) is 0. The Balaban J connectivity index is 2.76. The van der Waals surface area contributed by atoms with E-state index in [-0.39, 0.29) is 5.91 Å². The van der Waals surface area contributed by atoms with Gasteiger partial charge in [0.25, 0.3) is 0 Å². The van der Waals surface area contributed by atoms with Crippen molar-refractivity contribution < 1.29 is 4.79 Å². The van der Waals surface area contributed by atoms with E-state index < -0.39 is 11.0 Å². The molecule has 1 heterocycles. The molecule has 1 unspecified atom stereocenters. The fourth-order valence-corrected chi connectivity index (χ4v) is 2.25. The molecule has 1 saturated heterocycles. The summed E-state index contributed by atoms with van der Waals surface area (Å²) in [6.07, 6.45) is 3.55. The van der Waals surface area contributed by atoms with Gasteiger partial charge >= 0.3 is 0 Å². The maximum absolute atomic E-state index is 12.6. The highest BCUT2D eigenvalue weighted by atomic mass is 16.2. The molecule has 1 fully saturated rings. The van der Waals surface area contributed by atoms with E-state index in [4.69, 9.17) is 5.73 Å². The highest BCUT2D eigenvalue weighted by molar-refractivity contribution is 5.83. The van der Waals surface area contributed by atoms with Gasteiger partial charge in [0.05, 0.1) is 5.41 Å². The van der Waals surface area contributed by atoms with E-state index in [1.54, 1.807) is 0 Å². The lowest BCUT2D eigenvalue weighted by molar-refractivity contribution is -0.145. The number of likely N-dealkylation sites (tertiary alicyclic amines) is 1. The maximum atomic E-state index is 12.6. The second kappa shape index (κ2) is 4.97. The summed E-state index contributed by atoms with van der Waals surface area (Å²) in [5.74, 6) is 0.882. The summed E-state index contributed by atoms with van der Waals surface area (Å²) in [6, 6.07) is 0. The molecule has 3 nitrogen and oxygen atoms in total. The molecule has 0 saturated carbocycles. The topological polar surface area (TPSA) is 46.3 Å². The molecule has 2 N–H and O–H groups in total. The van der Waals surface area contributed by atoms with Gasteiger partial charge in [-0.3, -0.25) is 4.79 Å². The van der Waals surface area contributed by atoms with Gasteiger partial charge in [-0.05, 0) is 46.5 Å². The van der Waals surface area contributed by atoms with Crippen molar-refractivity contribution in [1.82, 2.24) is 4.90 Å². The number of piperidine rings is 1. The van der Waals surface area contributed by atoms with E-state index in [0.717, 1.165) is 25.9 Å². The Labute approximate surface area is 106 Å². The van der Waals surface area contributed by atoms with Crippen molar-refractivity contribution in [3.05, 3.63) is 0 Å². The monoisotopic (exact) mass is 240 g/mol. The van der Waals surface area contributed by atoms with Crippen LogP contribution in [0.3, 0.4) is 0 Å². The molecule has 17 heavy (non-hydrogen) atoms. The molecular weight excluding hydrogens is 212 g/mol. The minimum Gasteiger partial charge on any atom is -0.342 e. The SMILES string of the molecule is CCC1CCCN(C(=O)C(C)(C)C(C)(C)N)C1. The summed E-state index contributed by atoms with van der Waals surface area (Å²) in [4.78, 5) is 14.6. The first kappa shape index (κ1) is 14.5. The third-order valence-electron chi connectivity index (χ3n) is 4.53. The van der Waals surface area contributed by atoms with Crippen LogP contribution in [-0.4, -0.2) is 29.4 Å². The van der Waals surface area contributed by atoms with Gasteiger partial charge in [-0.2, -0.15) is 0 Å². The Morgan fingerprint density at radius 2 is 1.94 bits per heavy atom. The molecule has 1 amide bonds. The fraction of sp³-hybridized carbons (Fsp3) is 0.929. The quantitative estimate of drug-likeness (QED) is 0.823. The van der Waals surface area contributed by atoms with E-state index in [2.05, 4.69) is 6.92 Å². The summed E-state index contributed by atoms with van der Waals surface area (Å²) in [6.45, 7) is 11.8. The molecule has 1 aliphatic rings. The molecule has 0 aromatic carbocycles. The van der Waals surface area contributed by atoms with Crippen LogP contribution in [0.2, 0.25) is 0 Å². The molecular formula is C14H28N2O. The van der Waals surface area contributed by atoms with Crippen LogP contribution in [0, 0.1) is 11.3 Å². The van der Waals surface area contributed by atoms with Gasteiger partial charge in [-0.1, -0.05) is 13.3 Å². The average Bonchev–Trinajstić information content (AvgIpc) is 2.26. The maximum Gasteiger partial charge on any atom is 0.230 e. The molecule has 100 valence electrons. The molecule has 0 aromatic rings. The largest absolute Gasteiger partial charge is 0.342 e. The lowest BCUT2D eigenvalue weighted by Crippen LogP contribution is -2.57. The first-order chi connectivity index (χ1) is 7.70. The van der Waals surface area contributed by atoms with Crippen molar-refractivity contribution in [2.45, 2.75) is 59.4 Å². The Kier molecular flexibility index (Phi) is 4.23. The highest BCUT2D eigenvalue weighted by Crippen LogP contribution is 2.32. The molecule has 1 rings (SSSR count). The van der Waals surface area contributed by atoms with Gasteiger partial charge in [0, 0.05) is 18.6 Å². The van der Waals surface area contributed by atoms with Gasteiger partial charge in [-0.25, -0.2) is 0 Å². The molecule has 0 aliphatic carbocycles. The van der Waals surface area contributed by atoms with E-state index >= 15 is 0 Å². The van der Waals surface area contributed by atoms with Crippen LogP contribution in [0.4, 0.5) is 0 Å². The number of carbonyl (C=O) groups is 1. The molecule has 0 bridgehead atoms. The molecule has 0 spiro atoms. The first-order valence-corrected chi connectivity index (χ1v) is 6.78. The fourth-order valence-electron chi connectivity index (χ4n) is 2.25. The second-order valence-electron chi connectivity index (χ2n) is 6.51. The number of nitrogens with zero attached hydrogens (tertiary/aromatic N) is 1. The zero-order valence-electron chi connectivity index (χ0n) is 12.0. The average molecular weight is 240 g/mol. The Morgan fingerprint density at radius 3 is 2.41 bits per heavy atom. The van der Waals surface area contributed by atoms with E-state index in [9.17, 15) is 4.79 Å². The molecule has 0 aromatic heterocycles. The third kappa shape index (κ3) is 3.01. The number of amides is 1. The van der Waals surface area contributed by atoms with Gasteiger partial charge < -0.3 is 10.6 Å². The van der Waals surface area contributed by atoms with Crippen LogP contribution < -0.4 is 5.73 Å². The van der Waals surface area contributed by atoms with Crippen molar-refractivity contribution in [2.24, 2.45) is 17.1 Å². The lowest BCUT2D eigenvalue weighted by atomic mass is 9.73. The number of carbonyl (C=O) groups excluding carboxylic acids is 1. The molecule has 3 heteroatoms. The summed E-state index contributed by atoms with van der Waals surface area (Å²) in [5.41, 5.74) is 5.16. The predicted molar refractivity (Wildman–Crippen MR) is 71.6 cm³/mol. The Bertz CT molecular complexity index is 278. The van der Waals surface area contributed by atoms with Crippen molar-refractivity contribution in [2.75, 3.05) is 13.1 Å². The summed E-state index contributed by atoms with van der Waals surface area (Å²) in [7, 11) is 0. The van der Waals surface area contributed by atoms with Crippen LogP contribution in [0.5, 0.6) is 0 Å². The number of nitrogens with two attached hydrogens (primary N) is 1. The smallest absolute Gasteiger partial charge is 0.230 e. The van der Waals surface area contributed by atoms with Gasteiger partial charge in [0.1, 0.15) is 0 Å². The third-order valence-corrected chi connectivity index (χ3v) is 4.53. The van der Waals surface area contributed by atoms with Crippen LogP contribution in [0.1, 0.15) is 53.9 Å². The zero-order chi connectivity index (χ0) is 13.3. The van der Waals surface area contributed by atoms with Gasteiger partial charge in [0.2, 0.25) is 5.91 Å². The molecule has 1 aliphatic heterocycles. The van der Waals surface area contributed by atoms with E-state index in [0.29, 0.717) is 5.92 Å². The van der Waals surface area contributed by atoms with Crippen LogP contribution in [0.25, 0.3) is 0 Å². The first-order valence-electron chi connectivity index (χ1n) is 6.78. The summed E-state index contributed by atoms with van der Waals surface area (Å²) >= 11 is 0. The second-order valence-corrected chi connectivity index (χ2v) is 6.51. The van der Waals surface area contributed by atoms with Crippen LogP contribution in [0.15, 0.2) is 0 Å². The van der Waals surface area contributed by atoms with Gasteiger partial charge in [0.15, 0.2) is 0 Å². The molecule has 0 radical (unpaired) electrons. The van der Waals surface area contributed by atoms with Crippen molar-refractivity contribution >= 4 is 5.91 Å². The minimum atomic E-state index is -0.497. The Hall–Kier alpha value is -0.570.